The number of carboxylic acid groups (broad SMARTS) is 1. The number of hydrogen-bond acceptors (Lipinski definition) is 2. The monoisotopic (exact) mass is 229 g/mol. The summed E-state index contributed by atoms with van der Waals surface area (Å²) in [5, 5.41) is 8.52. The van der Waals surface area contributed by atoms with Crippen molar-refractivity contribution < 1.29 is 14.7 Å². The van der Waals surface area contributed by atoms with E-state index in [-0.39, 0.29) is 10.2 Å². The van der Waals surface area contributed by atoms with E-state index in [0.29, 0.717) is 5.56 Å². The Kier molecular flexibility index (Phi) is 2.63. The third kappa shape index (κ3) is 1.93. The maximum atomic E-state index is 10.7. The fourth-order valence-corrected chi connectivity index (χ4v) is 1.03. The van der Waals surface area contributed by atoms with Crippen LogP contribution in [0.5, 0.6) is 0 Å². The van der Waals surface area contributed by atoms with Crippen LogP contribution in [-0.4, -0.2) is 31.8 Å². The molecule has 0 aliphatic carbocycles. The zero-order chi connectivity index (χ0) is 9.14. The summed E-state index contributed by atoms with van der Waals surface area (Å²) in [5.74, 6) is -0.992. The zero-order valence-corrected chi connectivity index (χ0v) is 7.69. The second-order valence-electron chi connectivity index (χ2n) is 2.17. The number of aromatic carboxylic acids is 1. The Bertz CT molecular complexity index is 283. The van der Waals surface area contributed by atoms with Gasteiger partial charge in [-0.3, -0.25) is 0 Å². The van der Waals surface area contributed by atoms with Crippen LogP contribution in [0.3, 0.4) is 0 Å². The minimum atomic E-state index is -0.992. The molecule has 0 bridgehead atoms. The molecule has 61 valence electrons. The van der Waals surface area contributed by atoms with Gasteiger partial charge < -0.3 is 0 Å². The quantitative estimate of drug-likeness (QED) is 0.758. The molecule has 0 saturated heterocycles. The standard InChI is InChI=1S/C8H5O3Se/c9-7(10)5-1-3-6(4-2-5)8(11)12/h1-4H,(H,9,10). The molecule has 4 heteroatoms. The molecule has 1 aromatic carbocycles. The van der Waals surface area contributed by atoms with E-state index < -0.39 is 5.97 Å². The molecule has 0 aromatic heterocycles. The SMILES string of the molecule is O=C(O)c1ccc(C(=O)[Se])cc1. The number of carboxylic acids is 1. The molecule has 0 amide bonds. The molecule has 0 heterocycles. The van der Waals surface area contributed by atoms with Crippen molar-refractivity contribution in [1.29, 1.82) is 0 Å². The predicted octanol–water partition coefficient (Wildman–Crippen LogP) is 0.693. The summed E-state index contributed by atoms with van der Waals surface area (Å²) < 4.78 is -0.188. The number of rotatable bonds is 2. The third-order valence-electron chi connectivity index (χ3n) is 1.37. The van der Waals surface area contributed by atoms with Crippen molar-refractivity contribution in [2.24, 2.45) is 0 Å². The first-order chi connectivity index (χ1) is 5.61. The van der Waals surface area contributed by atoms with Crippen molar-refractivity contribution in [2.45, 2.75) is 0 Å². The first kappa shape index (κ1) is 8.97. The van der Waals surface area contributed by atoms with Crippen LogP contribution >= 0.6 is 0 Å². The molecule has 0 saturated carbocycles. The van der Waals surface area contributed by atoms with Crippen LogP contribution in [0.15, 0.2) is 24.3 Å². The summed E-state index contributed by atoms with van der Waals surface area (Å²) in [6.07, 6.45) is 0. The average molecular weight is 228 g/mol. The van der Waals surface area contributed by atoms with Crippen molar-refractivity contribution in [3.05, 3.63) is 35.4 Å². The van der Waals surface area contributed by atoms with E-state index in [1.165, 1.54) is 24.3 Å². The van der Waals surface area contributed by atoms with Crippen molar-refractivity contribution >= 4 is 26.7 Å². The van der Waals surface area contributed by atoms with Crippen molar-refractivity contribution in [3.63, 3.8) is 0 Å². The molecule has 0 fully saturated rings. The molecule has 3 nitrogen and oxygen atoms in total. The molecular formula is C8H5O3Se. The first-order valence-corrected chi connectivity index (χ1v) is 4.01. The molecule has 0 unspecified atom stereocenters. The van der Waals surface area contributed by atoms with Crippen molar-refractivity contribution in [3.8, 4) is 0 Å². The Hall–Kier alpha value is -1.12. The summed E-state index contributed by atoms with van der Waals surface area (Å²) in [4.78, 5) is 21.1. The maximum absolute atomic E-state index is 10.7. The van der Waals surface area contributed by atoms with Crippen molar-refractivity contribution in [1.82, 2.24) is 0 Å². The fraction of sp³-hybridized carbons (Fsp3) is 0. The van der Waals surface area contributed by atoms with E-state index in [1.54, 1.807) is 0 Å². The van der Waals surface area contributed by atoms with Crippen LogP contribution in [0.1, 0.15) is 20.7 Å². The summed E-state index contributed by atoms with van der Waals surface area (Å²) in [7, 11) is 0. The van der Waals surface area contributed by atoms with Gasteiger partial charge in [0.25, 0.3) is 0 Å². The predicted molar refractivity (Wildman–Crippen MR) is 43.5 cm³/mol. The van der Waals surface area contributed by atoms with Crippen LogP contribution < -0.4 is 0 Å². The van der Waals surface area contributed by atoms with Crippen LogP contribution in [0, 0.1) is 0 Å². The Morgan fingerprint density at radius 2 is 1.50 bits per heavy atom. The van der Waals surface area contributed by atoms with E-state index in [1.807, 2.05) is 0 Å². The van der Waals surface area contributed by atoms with Crippen LogP contribution in [0.25, 0.3) is 0 Å². The minimum absolute atomic E-state index is 0.181. The molecule has 0 aliphatic heterocycles. The van der Waals surface area contributed by atoms with E-state index in [2.05, 4.69) is 16.0 Å². The summed E-state index contributed by atoms with van der Waals surface area (Å²) in [5.41, 5.74) is 0.653. The Labute approximate surface area is 77.2 Å². The molecule has 0 atom stereocenters. The van der Waals surface area contributed by atoms with E-state index in [0.717, 1.165) is 0 Å². The van der Waals surface area contributed by atoms with Gasteiger partial charge >= 0.3 is 76.8 Å². The fourth-order valence-electron chi connectivity index (χ4n) is 0.749. The average Bonchev–Trinajstić information content (AvgIpc) is 2.04. The second-order valence-corrected chi connectivity index (χ2v) is 2.95. The third-order valence-corrected chi connectivity index (χ3v) is 1.86. The van der Waals surface area contributed by atoms with Gasteiger partial charge in [0.1, 0.15) is 0 Å². The van der Waals surface area contributed by atoms with Gasteiger partial charge in [-0.15, -0.1) is 0 Å². The van der Waals surface area contributed by atoms with E-state index in [9.17, 15) is 9.59 Å². The summed E-state index contributed by atoms with van der Waals surface area (Å²) in [6.45, 7) is 0. The van der Waals surface area contributed by atoms with Gasteiger partial charge in [0, 0.05) is 0 Å². The van der Waals surface area contributed by atoms with Gasteiger partial charge in [-0.05, 0) is 0 Å². The molecule has 1 rings (SSSR count). The van der Waals surface area contributed by atoms with Gasteiger partial charge in [-0.25, -0.2) is 0 Å². The molecule has 1 radical (unpaired) electrons. The number of benzene rings is 1. The zero-order valence-electron chi connectivity index (χ0n) is 5.98. The molecular weight excluding hydrogens is 223 g/mol. The van der Waals surface area contributed by atoms with Gasteiger partial charge in [0.05, 0.1) is 0 Å². The molecule has 0 spiro atoms. The van der Waals surface area contributed by atoms with Gasteiger partial charge in [0.15, 0.2) is 0 Å². The number of carbonyl (C=O) groups is 2. The van der Waals surface area contributed by atoms with E-state index >= 15 is 0 Å². The Balaban J connectivity index is 3.01. The second kappa shape index (κ2) is 3.52. The molecule has 1 aromatic rings. The van der Waals surface area contributed by atoms with Crippen LogP contribution in [0.4, 0.5) is 0 Å². The topological polar surface area (TPSA) is 54.4 Å². The number of carbonyl (C=O) groups excluding carboxylic acids is 1. The molecule has 1 N–H and O–H groups in total. The van der Waals surface area contributed by atoms with Crippen LogP contribution in [-0.2, 0) is 0 Å². The van der Waals surface area contributed by atoms with Crippen LogP contribution in [0.2, 0.25) is 0 Å². The van der Waals surface area contributed by atoms with Gasteiger partial charge in [-0.1, -0.05) is 0 Å². The Morgan fingerprint density at radius 3 is 1.83 bits per heavy atom. The Morgan fingerprint density at radius 1 is 1.08 bits per heavy atom. The number of hydrogen-bond donors (Lipinski definition) is 1. The first-order valence-electron chi connectivity index (χ1n) is 3.16. The normalized spacial score (nSPS) is 9.33. The molecule has 12 heavy (non-hydrogen) atoms. The molecule has 0 aliphatic rings. The summed E-state index contributed by atoms with van der Waals surface area (Å²) in [6, 6.07) is 5.74. The van der Waals surface area contributed by atoms with E-state index in [4.69, 9.17) is 5.11 Å². The van der Waals surface area contributed by atoms with Gasteiger partial charge in [0.2, 0.25) is 0 Å². The van der Waals surface area contributed by atoms with Gasteiger partial charge in [-0.2, -0.15) is 0 Å². The summed E-state index contributed by atoms with van der Waals surface area (Å²) >= 11 is 2.32. The van der Waals surface area contributed by atoms with Crippen molar-refractivity contribution in [2.75, 3.05) is 0 Å².